The zero-order valence-electron chi connectivity index (χ0n) is 13.5. The van der Waals surface area contributed by atoms with Crippen LogP contribution in [-0.4, -0.2) is 17.9 Å². The molecule has 22 heavy (non-hydrogen) atoms. The summed E-state index contributed by atoms with van der Waals surface area (Å²) in [5.74, 6) is 0.0706. The van der Waals surface area contributed by atoms with Gasteiger partial charge in [0.25, 0.3) is 0 Å². The topological polar surface area (TPSA) is 29.1 Å². The van der Waals surface area contributed by atoms with Gasteiger partial charge >= 0.3 is 0 Å². The second-order valence-corrected chi connectivity index (χ2v) is 6.38. The van der Waals surface area contributed by atoms with E-state index >= 15 is 0 Å². The maximum Gasteiger partial charge on any atom is 0.190 e. The summed E-state index contributed by atoms with van der Waals surface area (Å²) >= 11 is 0. The van der Waals surface area contributed by atoms with Crippen molar-refractivity contribution < 1.29 is 4.79 Å². The molecule has 0 bridgehead atoms. The molecule has 0 saturated heterocycles. The number of rotatable bonds is 5. The molecule has 2 aromatic carbocycles. The second kappa shape index (κ2) is 7.19. The molecule has 0 spiro atoms. The van der Waals surface area contributed by atoms with Gasteiger partial charge in [0.2, 0.25) is 0 Å². The van der Waals surface area contributed by atoms with Gasteiger partial charge in [0.05, 0.1) is 0 Å². The van der Waals surface area contributed by atoms with Gasteiger partial charge in [-0.3, -0.25) is 4.79 Å². The second-order valence-electron chi connectivity index (χ2n) is 6.38. The van der Waals surface area contributed by atoms with Gasteiger partial charge < -0.3 is 5.32 Å². The number of hydrogen-bond acceptors (Lipinski definition) is 2. The predicted octanol–water partition coefficient (Wildman–Crippen LogP) is 4.34. The Labute approximate surface area is 132 Å². The number of hydrogen-bond donors (Lipinski definition) is 1. The number of carbonyl (C=O) groups is 1. The average molecular weight is 293 g/mol. The van der Waals surface area contributed by atoms with E-state index in [0.29, 0.717) is 6.54 Å². The molecule has 2 rings (SSSR count). The first-order valence-corrected chi connectivity index (χ1v) is 7.56. The fourth-order valence-corrected chi connectivity index (χ4v) is 2.08. The average Bonchev–Trinajstić information content (AvgIpc) is 2.52. The minimum atomic E-state index is -0.0350. The Balaban J connectivity index is 2.29. The van der Waals surface area contributed by atoms with Crippen LogP contribution >= 0.6 is 0 Å². The van der Waals surface area contributed by atoms with Gasteiger partial charge in [-0.15, -0.1) is 0 Å². The lowest BCUT2D eigenvalue weighted by atomic mass is 9.99. The highest BCUT2D eigenvalue weighted by molar-refractivity contribution is 6.11. The van der Waals surface area contributed by atoms with Crippen molar-refractivity contribution in [2.45, 2.75) is 26.3 Å². The highest BCUT2D eigenvalue weighted by Gasteiger charge is 2.15. The van der Waals surface area contributed by atoms with Crippen molar-refractivity contribution in [3.05, 3.63) is 77.4 Å². The maximum atomic E-state index is 12.8. The molecule has 0 unspecified atom stereocenters. The van der Waals surface area contributed by atoms with Crippen molar-refractivity contribution in [2.24, 2.45) is 0 Å². The Morgan fingerprint density at radius 1 is 0.955 bits per heavy atom. The summed E-state index contributed by atoms with van der Waals surface area (Å²) in [7, 11) is 0. The highest BCUT2D eigenvalue weighted by Crippen LogP contribution is 2.13. The maximum absolute atomic E-state index is 12.8. The molecule has 0 aliphatic rings. The first-order valence-electron chi connectivity index (χ1n) is 7.56. The molecule has 0 amide bonds. The Hall–Kier alpha value is -2.19. The Kier molecular flexibility index (Phi) is 5.29. The lowest BCUT2D eigenvalue weighted by Crippen LogP contribution is -2.38. The van der Waals surface area contributed by atoms with E-state index in [9.17, 15) is 4.79 Å². The van der Waals surface area contributed by atoms with Crippen LogP contribution in [0.4, 0.5) is 0 Å². The van der Waals surface area contributed by atoms with Crippen LogP contribution in [-0.2, 0) is 0 Å². The van der Waals surface area contributed by atoms with Crippen LogP contribution in [0.1, 0.15) is 36.7 Å². The number of ketones is 1. The van der Waals surface area contributed by atoms with E-state index in [2.05, 4.69) is 26.1 Å². The van der Waals surface area contributed by atoms with Gasteiger partial charge in [0, 0.05) is 23.2 Å². The molecule has 2 aromatic rings. The van der Waals surface area contributed by atoms with Crippen molar-refractivity contribution in [2.75, 3.05) is 6.54 Å². The van der Waals surface area contributed by atoms with Crippen LogP contribution < -0.4 is 5.32 Å². The van der Waals surface area contributed by atoms with E-state index in [1.807, 2.05) is 66.7 Å². The minimum Gasteiger partial charge on any atom is -0.308 e. The molecule has 0 atom stereocenters. The zero-order valence-corrected chi connectivity index (χ0v) is 13.5. The summed E-state index contributed by atoms with van der Waals surface area (Å²) in [5, 5.41) is 3.40. The van der Waals surface area contributed by atoms with Crippen LogP contribution in [0.5, 0.6) is 0 Å². The minimum absolute atomic E-state index is 0.0350. The van der Waals surface area contributed by atoms with Crippen LogP contribution in [0.15, 0.2) is 66.2 Å². The van der Waals surface area contributed by atoms with Gasteiger partial charge in [-0.05, 0) is 32.4 Å². The molecule has 0 aliphatic heterocycles. The highest BCUT2D eigenvalue weighted by atomic mass is 16.1. The summed E-state index contributed by atoms with van der Waals surface area (Å²) in [6, 6.07) is 19.4. The monoisotopic (exact) mass is 293 g/mol. The normalized spacial score (nSPS) is 12.2. The van der Waals surface area contributed by atoms with Crippen molar-refractivity contribution in [1.82, 2.24) is 5.32 Å². The summed E-state index contributed by atoms with van der Waals surface area (Å²) in [6.07, 6.45) is 1.97. The molecule has 1 N–H and O–H groups in total. The van der Waals surface area contributed by atoms with E-state index in [0.717, 1.165) is 16.7 Å². The fourth-order valence-electron chi connectivity index (χ4n) is 2.08. The quantitative estimate of drug-likeness (QED) is 0.656. The Morgan fingerprint density at radius 2 is 1.50 bits per heavy atom. The molecule has 0 aromatic heterocycles. The van der Waals surface area contributed by atoms with Crippen molar-refractivity contribution in [1.29, 1.82) is 0 Å². The number of carbonyl (C=O) groups excluding carboxylic acids is 1. The fraction of sp³-hybridized carbons (Fsp3) is 0.250. The lowest BCUT2D eigenvalue weighted by molar-refractivity contribution is 0.103. The molecule has 0 fully saturated rings. The molecular formula is C20H23NO. The molecule has 114 valence electrons. The SMILES string of the molecule is CC(C)(C)NC/C(=C\c1ccccc1)C(=O)c1ccccc1. The van der Waals surface area contributed by atoms with E-state index in [-0.39, 0.29) is 11.3 Å². The molecule has 0 heterocycles. The summed E-state index contributed by atoms with van der Waals surface area (Å²) in [5.41, 5.74) is 2.50. The third-order valence-corrected chi connectivity index (χ3v) is 3.28. The zero-order chi connectivity index (χ0) is 16.0. The van der Waals surface area contributed by atoms with Gasteiger partial charge in [-0.1, -0.05) is 60.7 Å². The Morgan fingerprint density at radius 3 is 2.05 bits per heavy atom. The van der Waals surface area contributed by atoms with Crippen molar-refractivity contribution >= 4 is 11.9 Å². The summed E-state index contributed by atoms with van der Waals surface area (Å²) in [4.78, 5) is 12.8. The molecule has 2 nitrogen and oxygen atoms in total. The van der Waals surface area contributed by atoms with Gasteiger partial charge in [-0.2, -0.15) is 0 Å². The molecule has 0 radical (unpaired) electrons. The standard InChI is InChI=1S/C20H23NO/c1-20(2,3)21-15-18(14-16-10-6-4-7-11-16)19(22)17-12-8-5-9-13-17/h4-14,21H,15H2,1-3H3/b18-14+. The van der Waals surface area contributed by atoms with E-state index < -0.39 is 0 Å². The number of benzene rings is 2. The summed E-state index contributed by atoms with van der Waals surface area (Å²) in [6.45, 7) is 6.84. The van der Waals surface area contributed by atoms with Gasteiger partial charge in [-0.25, -0.2) is 0 Å². The first-order chi connectivity index (χ1) is 10.5. The number of Topliss-reactive ketones (excluding diaryl/α,β-unsaturated/α-hetero) is 1. The van der Waals surface area contributed by atoms with Gasteiger partial charge in [0.15, 0.2) is 5.78 Å². The van der Waals surface area contributed by atoms with E-state index in [1.165, 1.54) is 0 Å². The molecule has 0 saturated carbocycles. The van der Waals surface area contributed by atoms with Crippen LogP contribution in [0, 0.1) is 0 Å². The third kappa shape index (κ3) is 4.97. The lowest BCUT2D eigenvalue weighted by Gasteiger charge is -2.21. The molecule has 2 heteroatoms. The smallest absolute Gasteiger partial charge is 0.190 e. The molecule has 0 aliphatic carbocycles. The van der Waals surface area contributed by atoms with Crippen molar-refractivity contribution in [3.63, 3.8) is 0 Å². The van der Waals surface area contributed by atoms with E-state index in [1.54, 1.807) is 0 Å². The largest absolute Gasteiger partial charge is 0.308 e. The van der Waals surface area contributed by atoms with Crippen LogP contribution in [0.25, 0.3) is 6.08 Å². The molecular weight excluding hydrogens is 270 g/mol. The summed E-state index contributed by atoms with van der Waals surface area (Å²) < 4.78 is 0. The first kappa shape index (κ1) is 16.2. The number of nitrogens with one attached hydrogen (secondary N) is 1. The van der Waals surface area contributed by atoms with Crippen LogP contribution in [0.3, 0.4) is 0 Å². The van der Waals surface area contributed by atoms with Crippen molar-refractivity contribution in [3.8, 4) is 0 Å². The Bertz CT molecular complexity index is 636. The third-order valence-electron chi connectivity index (χ3n) is 3.28. The van der Waals surface area contributed by atoms with Gasteiger partial charge in [0.1, 0.15) is 0 Å². The predicted molar refractivity (Wildman–Crippen MR) is 92.9 cm³/mol. The van der Waals surface area contributed by atoms with Crippen LogP contribution in [0.2, 0.25) is 0 Å². The van der Waals surface area contributed by atoms with E-state index in [4.69, 9.17) is 0 Å².